The number of halogens is 1. The fourth-order valence-corrected chi connectivity index (χ4v) is 1.57. The molecule has 0 radical (unpaired) electrons. The van der Waals surface area contributed by atoms with Gasteiger partial charge in [-0.15, -0.1) is 0 Å². The van der Waals surface area contributed by atoms with E-state index in [4.69, 9.17) is 5.73 Å². The molecule has 0 spiro atoms. The van der Waals surface area contributed by atoms with Crippen LogP contribution < -0.4 is 11.1 Å². The van der Waals surface area contributed by atoms with E-state index in [2.05, 4.69) is 26.2 Å². The van der Waals surface area contributed by atoms with Gasteiger partial charge in [0.05, 0.1) is 0 Å². The number of nitrogens with two attached hydrogens (primary N) is 1. The Morgan fingerprint density at radius 2 is 1.94 bits per heavy atom. The quantitative estimate of drug-likeness (QED) is 0.836. The van der Waals surface area contributed by atoms with Gasteiger partial charge in [0.25, 0.3) is 5.91 Å². The molecule has 2 rings (SSSR count). The molecule has 4 nitrogen and oxygen atoms in total. The molecular weight excluding hydrogens is 282 g/mol. The molecule has 0 saturated heterocycles. The Morgan fingerprint density at radius 1 is 1.24 bits per heavy atom. The molecule has 1 aromatic heterocycles. The summed E-state index contributed by atoms with van der Waals surface area (Å²) >= 11 is 3.28. The number of nitrogen functional groups attached to an aromatic ring is 1. The van der Waals surface area contributed by atoms with E-state index >= 15 is 0 Å². The Hall–Kier alpha value is -1.88. The number of amides is 1. The standard InChI is InChI=1S/C12H10BrN3O/c13-10-2-1-8(7-11(10)14)12(17)16-9-3-5-15-6-4-9/h1-7H,14H2,(H,15,16,17). The van der Waals surface area contributed by atoms with E-state index in [1.54, 1.807) is 42.7 Å². The molecule has 1 aromatic carbocycles. The van der Waals surface area contributed by atoms with Crippen LogP contribution in [0.15, 0.2) is 47.2 Å². The van der Waals surface area contributed by atoms with Gasteiger partial charge in [0.2, 0.25) is 0 Å². The zero-order valence-electron chi connectivity index (χ0n) is 8.85. The molecule has 0 bridgehead atoms. The Kier molecular flexibility index (Phi) is 3.39. The van der Waals surface area contributed by atoms with Crippen LogP contribution in [0.25, 0.3) is 0 Å². The van der Waals surface area contributed by atoms with Crippen molar-refractivity contribution in [3.05, 3.63) is 52.8 Å². The molecule has 0 aliphatic rings. The minimum atomic E-state index is -0.199. The lowest BCUT2D eigenvalue weighted by atomic mass is 10.2. The number of nitrogens with zero attached hydrogens (tertiary/aromatic N) is 1. The van der Waals surface area contributed by atoms with Crippen molar-refractivity contribution in [2.45, 2.75) is 0 Å². The molecule has 1 heterocycles. The van der Waals surface area contributed by atoms with Crippen LogP contribution >= 0.6 is 15.9 Å². The van der Waals surface area contributed by atoms with Crippen LogP contribution in [-0.2, 0) is 0 Å². The molecule has 0 saturated carbocycles. The van der Waals surface area contributed by atoms with E-state index in [0.29, 0.717) is 16.9 Å². The first-order valence-electron chi connectivity index (χ1n) is 4.93. The highest BCUT2D eigenvalue weighted by atomic mass is 79.9. The summed E-state index contributed by atoms with van der Waals surface area (Å²) in [7, 11) is 0. The van der Waals surface area contributed by atoms with E-state index < -0.39 is 0 Å². The maximum Gasteiger partial charge on any atom is 0.255 e. The SMILES string of the molecule is Nc1cc(C(=O)Nc2ccncc2)ccc1Br. The third-order valence-corrected chi connectivity index (χ3v) is 2.92. The predicted molar refractivity (Wildman–Crippen MR) is 70.7 cm³/mol. The van der Waals surface area contributed by atoms with Gasteiger partial charge >= 0.3 is 0 Å². The van der Waals surface area contributed by atoms with Gasteiger partial charge in [-0.3, -0.25) is 9.78 Å². The molecule has 2 aromatic rings. The summed E-state index contributed by atoms with van der Waals surface area (Å²) in [4.78, 5) is 15.7. The highest BCUT2D eigenvalue weighted by Gasteiger charge is 2.07. The van der Waals surface area contributed by atoms with Gasteiger partial charge in [-0.2, -0.15) is 0 Å². The lowest BCUT2D eigenvalue weighted by molar-refractivity contribution is 0.102. The van der Waals surface area contributed by atoms with Crippen molar-refractivity contribution in [1.82, 2.24) is 4.98 Å². The summed E-state index contributed by atoms with van der Waals surface area (Å²) in [6, 6.07) is 8.52. The smallest absolute Gasteiger partial charge is 0.255 e. The third-order valence-electron chi connectivity index (χ3n) is 2.20. The molecule has 0 aliphatic heterocycles. The summed E-state index contributed by atoms with van der Waals surface area (Å²) in [5.74, 6) is -0.199. The second kappa shape index (κ2) is 4.97. The number of anilines is 2. The Morgan fingerprint density at radius 3 is 2.59 bits per heavy atom. The number of pyridine rings is 1. The van der Waals surface area contributed by atoms with E-state index in [1.807, 2.05) is 0 Å². The monoisotopic (exact) mass is 291 g/mol. The topological polar surface area (TPSA) is 68.0 Å². The molecule has 17 heavy (non-hydrogen) atoms. The maximum absolute atomic E-state index is 11.9. The van der Waals surface area contributed by atoms with E-state index in [1.165, 1.54) is 0 Å². The number of hydrogen-bond acceptors (Lipinski definition) is 3. The molecule has 0 aliphatic carbocycles. The van der Waals surface area contributed by atoms with Gasteiger partial charge in [0, 0.05) is 33.8 Å². The summed E-state index contributed by atoms with van der Waals surface area (Å²) in [6.45, 7) is 0. The Balaban J connectivity index is 2.18. The summed E-state index contributed by atoms with van der Waals surface area (Å²) in [5.41, 5.74) is 7.47. The minimum Gasteiger partial charge on any atom is -0.398 e. The minimum absolute atomic E-state index is 0.199. The summed E-state index contributed by atoms with van der Waals surface area (Å²) in [5, 5.41) is 2.76. The number of carbonyl (C=O) groups is 1. The van der Waals surface area contributed by atoms with Crippen LogP contribution in [0.2, 0.25) is 0 Å². The molecular formula is C12H10BrN3O. The number of rotatable bonds is 2. The van der Waals surface area contributed by atoms with Crippen LogP contribution in [0, 0.1) is 0 Å². The van der Waals surface area contributed by atoms with Crippen LogP contribution in [0.3, 0.4) is 0 Å². The van der Waals surface area contributed by atoms with E-state index in [0.717, 1.165) is 4.47 Å². The molecule has 0 unspecified atom stereocenters. The van der Waals surface area contributed by atoms with Crippen LogP contribution in [0.4, 0.5) is 11.4 Å². The Bertz CT molecular complexity index is 543. The second-order valence-electron chi connectivity index (χ2n) is 3.43. The predicted octanol–water partition coefficient (Wildman–Crippen LogP) is 2.68. The van der Waals surface area contributed by atoms with Gasteiger partial charge < -0.3 is 11.1 Å². The van der Waals surface area contributed by atoms with E-state index in [9.17, 15) is 4.79 Å². The largest absolute Gasteiger partial charge is 0.398 e. The zero-order chi connectivity index (χ0) is 12.3. The van der Waals surface area contributed by atoms with Gasteiger partial charge in [0.15, 0.2) is 0 Å². The number of nitrogens with one attached hydrogen (secondary N) is 1. The highest BCUT2D eigenvalue weighted by molar-refractivity contribution is 9.10. The summed E-state index contributed by atoms with van der Waals surface area (Å²) < 4.78 is 0.776. The zero-order valence-corrected chi connectivity index (χ0v) is 10.4. The van der Waals surface area contributed by atoms with Crippen molar-refractivity contribution >= 4 is 33.2 Å². The van der Waals surface area contributed by atoms with Crippen molar-refractivity contribution in [2.24, 2.45) is 0 Å². The first kappa shape index (κ1) is 11.6. The normalized spacial score (nSPS) is 9.94. The lowest BCUT2D eigenvalue weighted by Crippen LogP contribution is -2.12. The van der Waals surface area contributed by atoms with Crippen molar-refractivity contribution in [2.75, 3.05) is 11.1 Å². The average molecular weight is 292 g/mol. The lowest BCUT2D eigenvalue weighted by Gasteiger charge is -2.06. The number of benzene rings is 1. The first-order chi connectivity index (χ1) is 8.16. The average Bonchev–Trinajstić information content (AvgIpc) is 2.34. The molecule has 86 valence electrons. The fourth-order valence-electron chi connectivity index (χ4n) is 1.32. The van der Waals surface area contributed by atoms with Crippen molar-refractivity contribution < 1.29 is 4.79 Å². The maximum atomic E-state index is 11.9. The van der Waals surface area contributed by atoms with Crippen molar-refractivity contribution in [1.29, 1.82) is 0 Å². The molecule has 5 heteroatoms. The van der Waals surface area contributed by atoms with Crippen LogP contribution in [0.1, 0.15) is 10.4 Å². The first-order valence-corrected chi connectivity index (χ1v) is 5.72. The van der Waals surface area contributed by atoms with Gasteiger partial charge in [-0.05, 0) is 46.3 Å². The van der Waals surface area contributed by atoms with Crippen LogP contribution in [-0.4, -0.2) is 10.9 Å². The van der Waals surface area contributed by atoms with Crippen molar-refractivity contribution in [3.63, 3.8) is 0 Å². The van der Waals surface area contributed by atoms with Crippen molar-refractivity contribution in [3.8, 4) is 0 Å². The molecule has 0 atom stereocenters. The highest BCUT2D eigenvalue weighted by Crippen LogP contribution is 2.20. The molecule has 0 fully saturated rings. The number of carbonyl (C=O) groups excluding carboxylic acids is 1. The van der Waals surface area contributed by atoms with Gasteiger partial charge in [-0.25, -0.2) is 0 Å². The Labute approximate surface area is 107 Å². The second-order valence-corrected chi connectivity index (χ2v) is 4.28. The third kappa shape index (κ3) is 2.82. The molecule has 1 amide bonds. The fraction of sp³-hybridized carbons (Fsp3) is 0. The molecule has 3 N–H and O–H groups in total. The number of hydrogen-bond donors (Lipinski definition) is 2. The van der Waals surface area contributed by atoms with Gasteiger partial charge in [0.1, 0.15) is 0 Å². The van der Waals surface area contributed by atoms with Gasteiger partial charge in [-0.1, -0.05) is 0 Å². The van der Waals surface area contributed by atoms with Crippen LogP contribution in [0.5, 0.6) is 0 Å². The number of aromatic nitrogens is 1. The van der Waals surface area contributed by atoms with E-state index in [-0.39, 0.29) is 5.91 Å². The summed E-state index contributed by atoms with van der Waals surface area (Å²) in [6.07, 6.45) is 3.23.